The van der Waals surface area contributed by atoms with Crippen LogP contribution in [-0.2, 0) is 4.43 Å². The normalized spacial score (nSPS) is 12.0. The molecule has 0 heterocycles. The maximum atomic E-state index is 6.94. The summed E-state index contributed by atoms with van der Waals surface area (Å²) in [7, 11) is -2.46. The maximum absolute atomic E-state index is 6.94. The van der Waals surface area contributed by atoms with E-state index in [1.165, 1.54) is 15.9 Å². The quantitative estimate of drug-likeness (QED) is 0.476. The van der Waals surface area contributed by atoms with Crippen LogP contribution in [0.1, 0.15) is 32.8 Å². The van der Waals surface area contributed by atoms with Crippen LogP contribution in [0.3, 0.4) is 0 Å². The zero-order valence-electron chi connectivity index (χ0n) is 17.2. The third-order valence-electron chi connectivity index (χ3n) is 5.32. The van der Waals surface area contributed by atoms with Gasteiger partial charge in [-0.15, -0.1) is 0 Å². The van der Waals surface area contributed by atoms with Crippen LogP contribution >= 0.6 is 0 Å². The molecule has 28 heavy (non-hydrogen) atoms. The number of benzene rings is 3. The highest BCUT2D eigenvalue weighted by molar-refractivity contribution is 6.99. The number of hydrogen-bond donors (Lipinski definition) is 0. The summed E-state index contributed by atoms with van der Waals surface area (Å²) in [5, 5.41) is 2.64. The van der Waals surface area contributed by atoms with Crippen molar-refractivity contribution in [3.8, 4) is 0 Å². The minimum atomic E-state index is -2.46. The molecule has 0 unspecified atom stereocenters. The van der Waals surface area contributed by atoms with Crippen LogP contribution in [0.25, 0.3) is 5.57 Å². The Morgan fingerprint density at radius 2 is 1.18 bits per heavy atom. The summed E-state index contributed by atoms with van der Waals surface area (Å²) in [6.07, 6.45) is 0.828. The van der Waals surface area contributed by atoms with E-state index in [1.54, 1.807) is 0 Å². The lowest BCUT2D eigenvalue weighted by Gasteiger charge is -2.43. The first-order chi connectivity index (χ1) is 13.4. The van der Waals surface area contributed by atoms with Crippen molar-refractivity contribution >= 4 is 24.3 Å². The summed E-state index contributed by atoms with van der Waals surface area (Å²) in [5.41, 5.74) is 2.31. The highest BCUT2D eigenvalue weighted by atomic mass is 28.4. The van der Waals surface area contributed by atoms with E-state index < -0.39 is 8.32 Å². The van der Waals surface area contributed by atoms with E-state index in [2.05, 4.69) is 112 Å². The highest BCUT2D eigenvalue weighted by Gasteiger charge is 2.49. The molecular formula is C26H30OSi. The molecule has 1 nitrogen and oxygen atoms in total. The van der Waals surface area contributed by atoms with Crippen LogP contribution in [0.2, 0.25) is 5.04 Å². The molecule has 0 radical (unpaired) electrons. The third kappa shape index (κ3) is 4.19. The van der Waals surface area contributed by atoms with E-state index in [9.17, 15) is 0 Å². The largest absolute Gasteiger partial charge is 0.407 e. The predicted octanol–water partition coefficient (Wildman–Crippen LogP) is 5.67. The Kier molecular flexibility index (Phi) is 6.33. The van der Waals surface area contributed by atoms with E-state index in [-0.39, 0.29) is 5.04 Å². The third-order valence-corrected chi connectivity index (χ3v) is 10.4. The van der Waals surface area contributed by atoms with Gasteiger partial charge in [0.15, 0.2) is 0 Å². The summed E-state index contributed by atoms with van der Waals surface area (Å²) in [5.74, 6) is 0. The fourth-order valence-corrected chi connectivity index (χ4v) is 8.47. The highest BCUT2D eigenvalue weighted by Crippen LogP contribution is 2.37. The zero-order valence-corrected chi connectivity index (χ0v) is 18.2. The molecule has 0 atom stereocenters. The van der Waals surface area contributed by atoms with Crippen molar-refractivity contribution in [1.29, 1.82) is 0 Å². The van der Waals surface area contributed by atoms with Gasteiger partial charge in [-0.1, -0.05) is 118 Å². The molecule has 3 rings (SSSR count). The summed E-state index contributed by atoms with van der Waals surface area (Å²) >= 11 is 0. The fraction of sp³-hybridized carbons (Fsp3) is 0.231. The number of hydrogen-bond acceptors (Lipinski definition) is 1. The molecule has 2 heteroatoms. The maximum Gasteiger partial charge on any atom is 0.261 e. The minimum Gasteiger partial charge on any atom is -0.407 e. The fourth-order valence-electron chi connectivity index (χ4n) is 3.91. The van der Waals surface area contributed by atoms with Crippen molar-refractivity contribution in [2.45, 2.75) is 32.2 Å². The van der Waals surface area contributed by atoms with Gasteiger partial charge >= 0.3 is 0 Å². The topological polar surface area (TPSA) is 9.23 Å². The van der Waals surface area contributed by atoms with E-state index in [0.717, 1.165) is 12.0 Å². The lowest BCUT2D eigenvalue weighted by Crippen LogP contribution is -2.66. The Balaban J connectivity index is 1.94. The standard InChI is InChI=1S/C26H30OSi/c1-22(23-14-8-5-9-15-23)20-21-27-28(26(2,3)4,24-16-10-6-11-17-24)25-18-12-7-13-19-25/h5-19H,1,20-21H2,2-4H3. The molecule has 0 fully saturated rings. The average molecular weight is 387 g/mol. The van der Waals surface area contributed by atoms with Gasteiger partial charge in [0.2, 0.25) is 0 Å². The average Bonchev–Trinajstić information content (AvgIpc) is 2.72. The van der Waals surface area contributed by atoms with Crippen LogP contribution in [0, 0.1) is 0 Å². The smallest absolute Gasteiger partial charge is 0.261 e. The van der Waals surface area contributed by atoms with Crippen molar-refractivity contribution < 1.29 is 4.43 Å². The van der Waals surface area contributed by atoms with Crippen molar-refractivity contribution in [1.82, 2.24) is 0 Å². The van der Waals surface area contributed by atoms with Crippen LogP contribution in [0.5, 0.6) is 0 Å². The molecule has 0 spiro atoms. The molecule has 0 saturated heterocycles. The monoisotopic (exact) mass is 386 g/mol. The first-order valence-corrected chi connectivity index (χ1v) is 11.8. The molecular weight excluding hydrogens is 356 g/mol. The van der Waals surface area contributed by atoms with Crippen molar-refractivity contribution in [2.24, 2.45) is 0 Å². The van der Waals surface area contributed by atoms with E-state index in [0.29, 0.717) is 6.61 Å². The SMILES string of the molecule is C=C(CCO[Si](c1ccccc1)(c1ccccc1)C(C)(C)C)c1ccccc1. The second-order valence-corrected chi connectivity index (χ2v) is 12.5. The summed E-state index contributed by atoms with van der Waals surface area (Å²) in [6, 6.07) is 32.0. The minimum absolute atomic E-state index is 0.00376. The van der Waals surface area contributed by atoms with Crippen LogP contribution < -0.4 is 10.4 Å². The molecule has 0 aromatic heterocycles. The molecule has 0 bridgehead atoms. The lowest BCUT2D eigenvalue weighted by atomic mass is 10.1. The van der Waals surface area contributed by atoms with Gasteiger partial charge in [-0.05, 0) is 33.0 Å². The molecule has 3 aromatic carbocycles. The first kappa shape index (κ1) is 20.3. The van der Waals surface area contributed by atoms with Gasteiger partial charge in [-0.2, -0.15) is 0 Å². The van der Waals surface area contributed by atoms with E-state index >= 15 is 0 Å². The van der Waals surface area contributed by atoms with Gasteiger partial charge in [0.05, 0.1) is 0 Å². The van der Waals surface area contributed by atoms with Gasteiger partial charge in [-0.25, -0.2) is 0 Å². The first-order valence-electron chi connectivity index (χ1n) is 9.93. The predicted molar refractivity (Wildman–Crippen MR) is 124 cm³/mol. The molecule has 144 valence electrons. The molecule has 0 aliphatic rings. The van der Waals surface area contributed by atoms with Gasteiger partial charge in [0.25, 0.3) is 8.32 Å². The van der Waals surface area contributed by atoms with E-state index in [4.69, 9.17) is 4.43 Å². The van der Waals surface area contributed by atoms with Gasteiger partial charge in [0, 0.05) is 6.61 Å². The Morgan fingerprint density at radius 3 is 1.61 bits per heavy atom. The Labute approximate surface area is 170 Å². The summed E-state index contributed by atoms with van der Waals surface area (Å²) in [4.78, 5) is 0. The summed E-state index contributed by atoms with van der Waals surface area (Å²) in [6.45, 7) is 11.9. The summed E-state index contributed by atoms with van der Waals surface area (Å²) < 4.78 is 6.94. The number of rotatable bonds is 7. The molecule has 3 aromatic rings. The van der Waals surface area contributed by atoms with Crippen LogP contribution in [-0.4, -0.2) is 14.9 Å². The van der Waals surface area contributed by atoms with Crippen LogP contribution in [0.15, 0.2) is 97.6 Å². The molecule has 0 amide bonds. The molecule has 0 aliphatic heterocycles. The van der Waals surface area contributed by atoms with Gasteiger partial charge in [-0.3, -0.25) is 0 Å². The Morgan fingerprint density at radius 1 is 0.750 bits per heavy atom. The zero-order chi connectivity index (χ0) is 20.0. The van der Waals surface area contributed by atoms with Gasteiger partial charge < -0.3 is 4.43 Å². The van der Waals surface area contributed by atoms with Gasteiger partial charge in [0.1, 0.15) is 0 Å². The van der Waals surface area contributed by atoms with E-state index in [1.807, 2.05) is 6.07 Å². The Bertz CT molecular complexity index is 840. The van der Waals surface area contributed by atoms with Crippen LogP contribution in [0.4, 0.5) is 0 Å². The molecule has 0 N–H and O–H groups in total. The molecule has 0 saturated carbocycles. The second-order valence-electron chi connectivity index (χ2n) is 8.23. The Hall–Kier alpha value is -2.42. The second kappa shape index (κ2) is 8.72. The van der Waals surface area contributed by atoms with Crippen molar-refractivity contribution in [3.05, 3.63) is 103 Å². The van der Waals surface area contributed by atoms with Crippen molar-refractivity contribution in [3.63, 3.8) is 0 Å². The lowest BCUT2D eigenvalue weighted by molar-refractivity contribution is 0.306. The molecule has 0 aliphatic carbocycles. The van der Waals surface area contributed by atoms with Crippen molar-refractivity contribution in [2.75, 3.05) is 6.61 Å².